The van der Waals surface area contributed by atoms with E-state index in [1.165, 1.54) is 25.7 Å². The third-order valence-electron chi connectivity index (χ3n) is 3.84. The van der Waals surface area contributed by atoms with E-state index in [0.29, 0.717) is 25.5 Å². The van der Waals surface area contributed by atoms with Crippen LogP contribution in [-0.4, -0.2) is 13.0 Å². The number of hydrogen-bond acceptors (Lipinski definition) is 2. The molecule has 0 spiro atoms. The zero-order valence-corrected chi connectivity index (χ0v) is 11.7. The van der Waals surface area contributed by atoms with Gasteiger partial charge in [0.15, 0.2) is 0 Å². The van der Waals surface area contributed by atoms with E-state index in [0.717, 1.165) is 11.1 Å². The Kier molecular flexibility index (Phi) is 5.40. The highest BCUT2D eigenvalue weighted by Crippen LogP contribution is 2.27. The molecule has 0 radical (unpaired) electrons. The number of benzene rings is 1. The van der Waals surface area contributed by atoms with Gasteiger partial charge in [0.25, 0.3) is 0 Å². The van der Waals surface area contributed by atoms with Gasteiger partial charge >= 0.3 is 0 Å². The number of ether oxygens (including phenoxy) is 1. The predicted octanol–water partition coefficient (Wildman–Crippen LogP) is 3.03. The van der Waals surface area contributed by atoms with E-state index in [4.69, 9.17) is 4.74 Å². The van der Waals surface area contributed by atoms with Crippen LogP contribution in [0.3, 0.4) is 0 Å². The Balaban J connectivity index is 1.82. The second kappa shape index (κ2) is 7.29. The average molecular weight is 261 g/mol. The summed E-state index contributed by atoms with van der Waals surface area (Å²) in [5.74, 6) is 0.785. The average Bonchev–Trinajstić information content (AvgIpc) is 2.91. The normalized spacial score (nSPS) is 15.6. The smallest absolute Gasteiger partial charge is 0.220 e. The highest BCUT2D eigenvalue weighted by Gasteiger charge is 2.18. The number of carbonyl (C=O) groups excluding carboxylic acids is 1. The van der Waals surface area contributed by atoms with Crippen molar-refractivity contribution >= 4 is 5.91 Å². The fourth-order valence-electron chi connectivity index (χ4n) is 2.77. The van der Waals surface area contributed by atoms with Crippen LogP contribution in [-0.2, 0) is 22.7 Å². The molecule has 1 aliphatic carbocycles. The van der Waals surface area contributed by atoms with Crippen molar-refractivity contribution in [2.45, 2.75) is 45.3 Å². The molecule has 0 atom stereocenters. The highest BCUT2D eigenvalue weighted by atomic mass is 16.5. The van der Waals surface area contributed by atoms with Gasteiger partial charge in [-0.1, -0.05) is 37.1 Å². The molecule has 1 aliphatic rings. The molecule has 0 unspecified atom stereocenters. The number of amides is 1. The van der Waals surface area contributed by atoms with E-state index in [9.17, 15) is 4.79 Å². The second-order valence-corrected chi connectivity index (χ2v) is 5.33. The summed E-state index contributed by atoms with van der Waals surface area (Å²) in [7, 11) is 1.69. The Morgan fingerprint density at radius 1 is 1.26 bits per heavy atom. The van der Waals surface area contributed by atoms with Crippen LogP contribution in [0, 0.1) is 5.92 Å². The first-order chi connectivity index (χ1) is 9.29. The van der Waals surface area contributed by atoms with Gasteiger partial charge < -0.3 is 10.1 Å². The monoisotopic (exact) mass is 261 g/mol. The molecular formula is C16H23NO2. The van der Waals surface area contributed by atoms with Gasteiger partial charge in [-0.2, -0.15) is 0 Å². The van der Waals surface area contributed by atoms with Gasteiger partial charge in [-0.15, -0.1) is 0 Å². The van der Waals surface area contributed by atoms with Crippen molar-refractivity contribution in [3.8, 4) is 0 Å². The van der Waals surface area contributed by atoms with E-state index in [1.54, 1.807) is 7.11 Å². The molecule has 1 N–H and O–H groups in total. The fourth-order valence-corrected chi connectivity index (χ4v) is 2.77. The summed E-state index contributed by atoms with van der Waals surface area (Å²) < 4.78 is 5.17. The molecular weight excluding hydrogens is 238 g/mol. The summed E-state index contributed by atoms with van der Waals surface area (Å²) in [6.07, 6.45) is 5.69. The van der Waals surface area contributed by atoms with Gasteiger partial charge in [-0.25, -0.2) is 0 Å². The van der Waals surface area contributed by atoms with Crippen molar-refractivity contribution in [3.63, 3.8) is 0 Å². The molecule has 2 rings (SSSR count). The molecule has 0 aromatic heterocycles. The third-order valence-corrected chi connectivity index (χ3v) is 3.84. The molecule has 1 aromatic rings. The van der Waals surface area contributed by atoms with E-state index in [2.05, 4.69) is 5.32 Å². The molecule has 104 valence electrons. The first-order valence-corrected chi connectivity index (χ1v) is 7.12. The fraction of sp³-hybridized carbons (Fsp3) is 0.562. The molecule has 19 heavy (non-hydrogen) atoms. The molecule has 3 nitrogen and oxygen atoms in total. The van der Waals surface area contributed by atoms with Crippen molar-refractivity contribution in [2.24, 2.45) is 5.92 Å². The molecule has 0 saturated heterocycles. The van der Waals surface area contributed by atoms with Crippen LogP contribution in [0.15, 0.2) is 24.3 Å². The summed E-state index contributed by atoms with van der Waals surface area (Å²) in [5.41, 5.74) is 2.29. The van der Waals surface area contributed by atoms with Crippen molar-refractivity contribution in [1.29, 1.82) is 0 Å². The number of hydrogen-bond donors (Lipinski definition) is 1. The lowest BCUT2D eigenvalue weighted by Crippen LogP contribution is -2.25. The van der Waals surface area contributed by atoms with Crippen LogP contribution in [0.4, 0.5) is 0 Å². The Morgan fingerprint density at radius 2 is 1.95 bits per heavy atom. The van der Waals surface area contributed by atoms with Crippen molar-refractivity contribution in [3.05, 3.63) is 35.4 Å². The Hall–Kier alpha value is -1.35. The number of methoxy groups -OCH3 is 1. The van der Waals surface area contributed by atoms with Crippen molar-refractivity contribution < 1.29 is 9.53 Å². The molecule has 1 aromatic carbocycles. The van der Waals surface area contributed by atoms with E-state index < -0.39 is 0 Å². The van der Waals surface area contributed by atoms with E-state index in [1.807, 2.05) is 24.3 Å². The highest BCUT2D eigenvalue weighted by molar-refractivity contribution is 5.76. The molecule has 1 amide bonds. The Bertz CT molecular complexity index is 411. The maximum Gasteiger partial charge on any atom is 0.220 e. The van der Waals surface area contributed by atoms with Crippen LogP contribution in [0.1, 0.15) is 43.2 Å². The summed E-state index contributed by atoms with van der Waals surface area (Å²) in [6, 6.07) is 8.09. The van der Waals surface area contributed by atoms with Gasteiger partial charge in [-0.05, 0) is 29.9 Å². The van der Waals surface area contributed by atoms with Gasteiger partial charge in [0.05, 0.1) is 6.61 Å². The van der Waals surface area contributed by atoms with Crippen LogP contribution in [0.5, 0.6) is 0 Å². The first kappa shape index (κ1) is 14.1. The maximum atomic E-state index is 11.9. The maximum absolute atomic E-state index is 11.9. The second-order valence-electron chi connectivity index (χ2n) is 5.33. The van der Waals surface area contributed by atoms with E-state index >= 15 is 0 Å². The number of nitrogens with one attached hydrogen (secondary N) is 1. The lowest BCUT2D eigenvalue weighted by molar-refractivity contribution is -0.122. The SMILES string of the molecule is COCc1ccccc1CNC(=O)CC1CCCC1. The molecule has 1 fully saturated rings. The van der Waals surface area contributed by atoms with Crippen LogP contribution < -0.4 is 5.32 Å². The standard InChI is InChI=1S/C16H23NO2/c1-19-12-15-9-5-4-8-14(15)11-17-16(18)10-13-6-2-3-7-13/h4-5,8-9,13H,2-3,6-7,10-12H2,1H3,(H,17,18). The molecule has 0 heterocycles. The topological polar surface area (TPSA) is 38.3 Å². The lowest BCUT2D eigenvalue weighted by atomic mass is 10.0. The van der Waals surface area contributed by atoms with Crippen LogP contribution >= 0.6 is 0 Å². The summed E-state index contributed by atoms with van der Waals surface area (Å²) in [5, 5.41) is 3.03. The van der Waals surface area contributed by atoms with Crippen molar-refractivity contribution in [2.75, 3.05) is 7.11 Å². The Morgan fingerprint density at radius 3 is 2.63 bits per heavy atom. The van der Waals surface area contributed by atoms with Gasteiger partial charge in [-0.3, -0.25) is 4.79 Å². The predicted molar refractivity (Wildman–Crippen MR) is 75.6 cm³/mol. The Labute approximate surface area is 115 Å². The largest absolute Gasteiger partial charge is 0.380 e. The molecule has 1 saturated carbocycles. The van der Waals surface area contributed by atoms with Gasteiger partial charge in [0.1, 0.15) is 0 Å². The molecule has 3 heteroatoms. The summed E-state index contributed by atoms with van der Waals surface area (Å²) in [4.78, 5) is 11.9. The number of rotatable bonds is 6. The molecule has 0 bridgehead atoms. The zero-order chi connectivity index (χ0) is 13.5. The van der Waals surface area contributed by atoms with Crippen LogP contribution in [0.2, 0.25) is 0 Å². The summed E-state index contributed by atoms with van der Waals surface area (Å²) >= 11 is 0. The minimum absolute atomic E-state index is 0.180. The molecule has 0 aliphatic heterocycles. The minimum Gasteiger partial charge on any atom is -0.380 e. The van der Waals surface area contributed by atoms with E-state index in [-0.39, 0.29) is 5.91 Å². The van der Waals surface area contributed by atoms with Crippen molar-refractivity contribution in [1.82, 2.24) is 5.32 Å². The lowest BCUT2D eigenvalue weighted by Gasteiger charge is -2.12. The first-order valence-electron chi connectivity index (χ1n) is 7.12. The van der Waals surface area contributed by atoms with Gasteiger partial charge in [0.2, 0.25) is 5.91 Å². The zero-order valence-electron chi connectivity index (χ0n) is 11.7. The number of carbonyl (C=O) groups is 1. The van der Waals surface area contributed by atoms with Gasteiger partial charge in [0, 0.05) is 20.1 Å². The third kappa shape index (κ3) is 4.35. The van der Waals surface area contributed by atoms with Crippen LogP contribution in [0.25, 0.3) is 0 Å². The summed E-state index contributed by atoms with van der Waals surface area (Å²) in [6.45, 7) is 1.19. The quantitative estimate of drug-likeness (QED) is 0.854. The minimum atomic E-state index is 0.180.